The molecule has 8 heteroatoms. The van der Waals surface area contributed by atoms with E-state index in [4.69, 9.17) is 11.6 Å². The van der Waals surface area contributed by atoms with Gasteiger partial charge in [0.15, 0.2) is 0 Å². The van der Waals surface area contributed by atoms with Gasteiger partial charge in [0.05, 0.1) is 17.1 Å². The van der Waals surface area contributed by atoms with Gasteiger partial charge in [-0.25, -0.2) is 4.98 Å². The van der Waals surface area contributed by atoms with Crippen molar-refractivity contribution in [2.45, 2.75) is 25.5 Å². The molecule has 3 nitrogen and oxygen atoms in total. The number of fused-ring (bicyclic) bond motifs is 1. The van der Waals surface area contributed by atoms with Crippen LogP contribution in [0.1, 0.15) is 23.0 Å². The lowest BCUT2D eigenvalue weighted by Gasteiger charge is -2.04. The van der Waals surface area contributed by atoms with Crippen LogP contribution in [0, 0.1) is 0 Å². The van der Waals surface area contributed by atoms with Gasteiger partial charge in [-0.05, 0) is 25.1 Å². The summed E-state index contributed by atoms with van der Waals surface area (Å²) in [5.41, 5.74) is 1.61. The zero-order valence-corrected chi connectivity index (χ0v) is 14.1. The van der Waals surface area contributed by atoms with Crippen molar-refractivity contribution in [1.82, 2.24) is 9.55 Å². The largest absolute Gasteiger partial charge is 0.454 e. The van der Waals surface area contributed by atoms with E-state index in [0.717, 1.165) is 0 Å². The number of aryl methyl sites for hydroxylation is 1. The van der Waals surface area contributed by atoms with E-state index in [-0.39, 0.29) is 16.8 Å². The third-order valence-electron chi connectivity index (χ3n) is 3.66. The number of carbonyl (C=O) groups is 1. The maximum Gasteiger partial charge on any atom is 0.454 e. The van der Waals surface area contributed by atoms with Crippen molar-refractivity contribution in [3.05, 3.63) is 41.0 Å². The summed E-state index contributed by atoms with van der Waals surface area (Å²) in [4.78, 5) is 16.1. The molecule has 0 aliphatic carbocycles. The molecule has 1 aromatic carbocycles. The molecule has 0 aliphatic heterocycles. The van der Waals surface area contributed by atoms with Crippen molar-refractivity contribution in [2.24, 2.45) is 0 Å². The van der Waals surface area contributed by atoms with Crippen LogP contribution >= 0.6 is 22.9 Å². The number of alkyl halides is 4. The van der Waals surface area contributed by atoms with Crippen molar-refractivity contribution in [1.29, 1.82) is 0 Å². The fraction of sp³-hybridized carbons (Fsp3) is 0.250. The molecule has 126 valence electrons. The first-order valence-corrected chi connectivity index (χ1v) is 8.51. The van der Waals surface area contributed by atoms with Gasteiger partial charge < -0.3 is 4.57 Å². The SMILES string of the molecule is CCn1cc(C(=O)C(F)(F)F)c2cc(-c3nc(CCl)cs3)ccc21. The number of nitrogens with zero attached hydrogens (tertiary/aromatic N) is 2. The predicted molar refractivity (Wildman–Crippen MR) is 88.7 cm³/mol. The topological polar surface area (TPSA) is 34.9 Å². The van der Waals surface area contributed by atoms with E-state index in [1.165, 1.54) is 17.5 Å². The van der Waals surface area contributed by atoms with Gasteiger partial charge in [-0.15, -0.1) is 22.9 Å². The van der Waals surface area contributed by atoms with Crippen molar-refractivity contribution in [3.63, 3.8) is 0 Å². The fourth-order valence-corrected chi connectivity index (χ4v) is 3.57. The van der Waals surface area contributed by atoms with E-state index in [1.807, 2.05) is 6.92 Å². The summed E-state index contributed by atoms with van der Waals surface area (Å²) in [6.45, 7) is 2.28. The van der Waals surface area contributed by atoms with Gasteiger partial charge >= 0.3 is 6.18 Å². The highest BCUT2D eigenvalue weighted by atomic mass is 35.5. The summed E-state index contributed by atoms with van der Waals surface area (Å²) >= 11 is 7.09. The molecular weight excluding hydrogens is 361 g/mol. The highest BCUT2D eigenvalue weighted by Gasteiger charge is 2.40. The number of aromatic nitrogens is 2. The van der Waals surface area contributed by atoms with Crippen LogP contribution in [-0.2, 0) is 12.4 Å². The van der Waals surface area contributed by atoms with Crippen molar-refractivity contribution in [2.75, 3.05) is 0 Å². The zero-order chi connectivity index (χ0) is 17.5. The molecule has 0 amide bonds. The number of Topliss-reactive ketones (excluding diaryl/α,β-unsaturated/α-hetero) is 1. The lowest BCUT2D eigenvalue weighted by molar-refractivity contribution is -0.0884. The molecule has 2 aromatic heterocycles. The second-order valence-electron chi connectivity index (χ2n) is 5.17. The molecular formula is C16H12ClF3N2OS. The highest BCUT2D eigenvalue weighted by Crippen LogP contribution is 2.33. The van der Waals surface area contributed by atoms with Gasteiger partial charge in [-0.3, -0.25) is 4.79 Å². The first-order chi connectivity index (χ1) is 11.3. The van der Waals surface area contributed by atoms with Gasteiger partial charge in [0.2, 0.25) is 0 Å². The first-order valence-electron chi connectivity index (χ1n) is 7.10. The lowest BCUT2D eigenvalue weighted by Crippen LogP contribution is -2.22. The normalized spacial score (nSPS) is 12.0. The molecule has 0 bridgehead atoms. The molecule has 24 heavy (non-hydrogen) atoms. The molecule has 0 saturated carbocycles. The Morgan fingerprint density at radius 1 is 1.38 bits per heavy atom. The Labute approximate surface area is 144 Å². The first kappa shape index (κ1) is 17.0. The van der Waals surface area contributed by atoms with Crippen LogP contribution < -0.4 is 0 Å². The monoisotopic (exact) mass is 372 g/mol. The molecule has 0 spiro atoms. The van der Waals surface area contributed by atoms with Crippen LogP contribution in [-0.4, -0.2) is 21.5 Å². The molecule has 0 radical (unpaired) electrons. The summed E-state index contributed by atoms with van der Waals surface area (Å²) in [6, 6.07) is 5.08. The van der Waals surface area contributed by atoms with Crippen molar-refractivity contribution < 1.29 is 18.0 Å². The Balaban J connectivity index is 2.18. The van der Waals surface area contributed by atoms with Crippen LogP contribution in [0.25, 0.3) is 21.5 Å². The van der Waals surface area contributed by atoms with E-state index in [1.54, 1.807) is 28.1 Å². The maximum atomic E-state index is 12.9. The summed E-state index contributed by atoms with van der Waals surface area (Å²) in [5.74, 6) is -1.57. The van der Waals surface area contributed by atoms with Crippen LogP contribution in [0.4, 0.5) is 13.2 Å². The quantitative estimate of drug-likeness (QED) is 0.462. The predicted octanol–water partition coefficient (Wildman–Crippen LogP) is 5.27. The standard InChI is InChI=1S/C16H12ClF3N2OS/c1-2-22-7-12(14(23)16(18,19)20)11-5-9(3-4-13(11)22)15-21-10(6-17)8-24-15/h3-5,7-8H,2,6H2,1H3. The number of hydrogen-bond donors (Lipinski definition) is 0. The minimum Gasteiger partial charge on any atom is -0.347 e. The molecule has 2 heterocycles. The Hall–Kier alpha value is -1.86. The van der Waals surface area contributed by atoms with Crippen LogP contribution in [0.3, 0.4) is 0 Å². The number of halogens is 4. The Morgan fingerprint density at radius 2 is 2.12 bits per heavy atom. The third-order valence-corrected chi connectivity index (χ3v) is 4.87. The molecule has 3 aromatic rings. The van der Waals surface area contributed by atoms with Gasteiger partial charge in [0, 0.05) is 34.6 Å². The summed E-state index contributed by atoms with van der Waals surface area (Å²) in [5, 5.41) is 2.73. The average molecular weight is 373 g/mol. The Kier molecular flexibility index (Phi) is 4.40. The lowest BCUT2D eigenvalue weighted by atomic mass is 10.1. The number of ketones is 1. The van der Waals surface area contributed by atoms with Crippen LogP contribution in [0.5, 0.6) is 0 Å². The van der Waals surface area contributed by atoms with Crippen LogP contribution in [0.2, 0.25) is 0 Å². The second-order valence-corrected chi connectivity index (χ2v) is 6.29. The number of carbonyl (C=O) groups excluding carboxylic acids is 1. The van der Waals surface area contributed by atoms with Crippen molar-refractivity contribution >= 4 is 39.6 Å². The van der Waals surface area contributed by atoms with E-state index in [0.29, 0.717) is 28.3 Å². The molecule has 0 aliphatic rings. The van der Waals surface area contributed by atoms with Gasteiger partial charge in [-0.2, -0.15) is 13.2 Å². The van der Waals surface area contributed by atoms with Gasteiger partial charge in [-0.1, -0.05) is 0 Å². The van der Waals surface area contributed by atoms with E-state index in [2.05, 4.69) is 4.98 Å². The molecule has 0 N–H and O–H groups in total. The average Bonchev–Trinajstić information content (AvgIpc) is 3.17. The van der Waals surface area contributed by atoms with Gasteiger partial charge in [0.25, 0.3) is 5.78 Å². The Morgan fingerprint density at radius 3 is 2.71 bits per heavy atom. The van der Waals surface area contributed by atoms with E-state index < -0.39 is 12.0 Å². The fourth-order valence-electron chi connectivity index (χ4n) is 2.53. The van der Waals surface area contributed by atoms with Crippen LogP contribution in [0.15, 0.2) is 29.8 Å². The minimum atomic E-state index is -4.91. The van der Waals surface area contributed by atoms with E-state index in [9.17, 15) is 18.0 Å². The number of hydrogen-bond acceptors (Lipinski definition) is 3. The molecule has 0 unspecified atom stereocenters. The minimum absolute atomic E-state index is 0.267. The molecule has 0 saturated heterocycles. The number of rotatable bonds is 4. The highest BCUT2D eigenvalue weighted by molar-refractivity contribution is 7.13. The molecule has 0 fully saturated rings. The number of thiazole rings is 1. The summed E-state index contributed by atoms with van der Waals surface area (Å²) in [6.07, 6.45) is -3.65. The zero-order valence-electron chi connectivity index (χ0n) is 12.5. The number of benzene rings is 1. The molecule has 3 rings (SSSR count). The Bertz CT molecular complexity index is 914. The third kappa shape index (κ3) is 2.93. The smallest absolute Gasteiger partial charge is 0.347 e. The summed E-state index contributed by atoms with van der Waals surface area (Å²) in [7, 11) is 0. The molecule has 0 atom stereocenters. The summed E-state index contributed by atoms with van der Waals surface area (Å²) < 4.78 is 40.2. The van der Waals surface area contributed by atoms with Crippen molar-refractivity contribution in [3.8, 4) is 10.6 Å². The maximum absolute atomic E-state index is 12.9. The van der Waals surface area contributed by atoms with Gasteiger partial charge in [0.1, 0.15) is 5.01 Å². The second kappa shape index (κ2) is 6.22. The van der Waals surface area contributed by atoms with E-state index >= 15 is 0 Å².